The standard InChI is InChI=1S/C13H16O5/c1-4-18-12(16)13(2,11(14)15)9-5-7-10(17-3)8-6-9/h5-8H,4H2,1-3H3,(H,14,15). The van der Waals surface area contributed by atoms with Crippen molar-refractivity contribution in [3.63, 3.8) is 0 Å². The predicted molar refractivity (Wildman–Crippen MR) is 64.6 cm³/mol. The lowest BCUT2D eigenvalue weighted by Crippen LogP contribution is -2.42. The van der Waals surface area contributed by atoms with Crippen LogP contribution in [0.5, 0.6) is 5.75 Å². The first-order chi connectivity index (χ1) is 8.46. The van der Waals surface area contributed by atoms with Gasteiger partial charge in [0.2, 0.25) is 0 Å². The first-order valence-electron chi connectivity index (χ1n) is 5.52. The maximum absolute atomic E-state index is 11.8. The number of carboxylic acid groups (broad SMARTS) is 1. The molecule has 1 atom stereocenters. The van der Waals surface area contributed by atoms with Crippen LogP contribution in [0.2, 0.25) is 0 Å². The summed E-state index contributed by atoms with van der Waals surface area (Å²) in [5, 5.41) is 9.28. The zero-order valence-corrected chi connectivity index (χ0v) is 10.6. The molecule has 0 fully saturated rings. The summed E-state index contributed by atoms with van der Waals surface area (Å²) in [7, 11) is 1.51. The van der Waals surface area contributed by atoms with Crippen LogP contribution in [0.4, 0.5) is 0 Å². The van der Waals surface area contributed by atoms with Crippen molar-refractivity contribution in [3.05, 3.63) is 29.8 Å². The molecule has 0 aliphatic rings. The zero-order valence-electron chi connectivity index (χ0n) is 10.6. The van der Waals surface area contributed by atoms with Crippen LogP contribution < -0.4 is 4.74 Å². The molecule has 5 nitrogen and oxygen atoms in total. The quantitative estimate of drug-likeness (QED) is 0.636. The molecule has 1 rings (SSSR count). The third-order valence-corrected chi connectivity index (χ3v) is 2.78. The van der Waals surface area contributed by atoms with Crippen LogP contribution in [-0.4, -0.2) is 30.8 Å². The number of carbonyl (C=O) groups is 2. The van der Waals surface area contributed by atoms with Crippen molar-refractivity contribution in [2.24, 2.45) is 0 Å². The molecule has 0 radical (unpaired) electrons. The molecular formula is C13H16O5. The molecule has 98 valence electrons. The maximum atomic E-state index is 11.8. The summed E-state index contributed by atoms with van der Waals surface area (Å²) >= 11 is 0. The van der Waals surface area contributed by atoms with Crippen molar-refractivity contribution in [3.8, 4) is 5.75 Å². The molecule has 0 saturated heterocycles. The largest absolute Gasteiger partial charge is 0.497 e. The van der Waals surface area contributed by atoms with Crippen LogP contribution >= 0.6 is 0 Å². The number of benzene rings is 1. The van der Waals surface area contributed by atoms with Crippen molar-refractivity contribution in [1.29, 1.82) is 0 Å². The molecule has 1 aromatic carbocycles. The highest BCUT2D eigenvalue weighted by molar-refractivity contribution is 6.05. The van der Waals surface area contributed by atoms with E-state index >= 15 is 0 Å². The van der Waals surface area contributed by atoms with Crippen LogP contribution in [0.1, 0.15) is 19.4 Å². The van der Waals surface area contributed by atoms with E-state index < -0.39 is 17.4 Å². The molecule has 0 amide bonds. The summed E-state index contributed by atoms with van der Waals surface area (Å²) < 4.78 is 9.81. The second-order valence-electron chi connectivity index (χ2n) is 3.88. The Hall–Kier alpha value is -2.04. The highest BCUT2D eigenvalue weighted by Crippen LogP contribution is 2.27. The molecule has 0 aromatic heterocycles. The van der Waals surface area contributed by atoms with Gasteiger partial charge in [-0.05, 0) is 31.5 Å². The maximum Gasteiger partial charge on any atom is 0.327 e. The lowest BCUT2D eigenvalue weighted by atomic mass is 9.82. The van der Waals surface area contributed by atoms with Crippen molar-refractivity contribution in [2.75, 3.05) is 13.7 Å². The molecule has 0 aliphatic heterocycles. The van der Waals surface area contributed by atoms with Crippen LogP contribution in [0.15, 0.2) is 24.3 Å². The Labute approximate surface area is 105 Å². The van der Waals surface area contributed by atoms with Gasteiger partial charge in [0.05, 0.1) is 13.7 Å². The van der Waals surface area contributed by atoms with E-state index in [1.165, 1.54) is 14.0 Å². The molecule has 0 heterocycles. The number of esters is 1. The number of carboxylic acids is 1. The van der Waals surface area contributed by atoms with Gasteiger partial charge in [0.15, 0.2) is 5.41 Å². The highest BCUT2D eigenvalue weighted by Gasteiger charge is 2.44. The smallest absolute Gasteiger partial charge is 0.327 e. The van der Waals surface area contributed by atoms with E-state index in [1.54, 1.807) is 31.2 Å². The third-order valence-electron chi connectivity index (χ3n) is 2.78. The fraction of sp³-hybridized carbons (Fsp3) is 0.385. The number of hydrogen-bond donors (Lipinski definition) is 1. The summed E-state index contributed by atoms with van der Waals surface area (Å²) in [5.74, 6) is -1.43. The SMILES string of the molecule is CCOC(=O)C(C)(C(=O)O)c1ccc(OC)cc1. The molecule has 1 N–H and O–H groups in total. The van der Waals surface area contributed by atoms with Gasteiger partial charge in [0, 0.05) is 0 Å². The Bertz CT molecular complexity index is 437. The normalized spacial score (nSPS) is 13.5. The summed E-state index contributed by atoms with van der Waals surface area (Å²) in [6.07, 6.45) is 0. The Morgan fingerprint density at radius 1 is 1.28 bits per heavy atom. The third kappa shape index (κ3) is 2.45. The van der Waals surface area contributed by atoms with Gasteiger partial charge in [-0.1, -0.05) is 12.1 Å². The number of aliphatic carboxylic acids is 1. The highest BCUT2D eigenvalue weighted by atomic mass is 16.5. The van der Waals surface area contributed by atoms with E-state index in [1.807, 2.05) is 0 Å². The zero-order chi connectivity index (χ0) is 13.8. The second kappa shape index (κ2) is 5.53. The van der Waals surface area contributed by atoms with Gasteiger partial charge in [-0.25, -0.2) is 0 Å². The van der Waals surface area contributed by atoms with Crippen molar-refractivity contribution < 1.29 is 24.2 Å². The van der Waals surface area contributed by atoms with Crippen molar-refractivity contribution in [1.82, 2.24) is 0 Å². The second-order valence-corrected chi connectivity index (χ2v) is 3.88. The van der Waals surface area contributed by atoms with E-state index in [0.717, 1.165) is 0 Å². The van der Waals surface area contributed by atoms with Crippen molar-refractivity contribution >= 4 is 11.9 Å². The first-order valence-corrected chi connectivity index (χ1v) is 5.52. The molecule has 1 unspecified atom stereocenters. The van der Waals surface area contributed by atoms with Gasteiger partial charge < -0.3 is 14.6 Å². The summed E-state index contributed by atoms with van der Waals surface area (Å²) in [5.41, 5.74) is -1.35. The van der Waals surface area contributed by atoms with Crippen LogP contribution in [-0.2, 0) is 19.7 Å². The first kappa shape index (κ1) is 14.0. The Balaban J connectivity index is 3.18. The summed E-state index contributed by atoms with van der Waals surface area (Å²) in [6, 6.07) is 6.30. The molecule has 0 bridgehead atoms. The minimum Gasteiger partial charge on any atom is -0.497 e. The molecule has 1 aromatic rings. The van der Waals surface area contributed by atoms with Crippen LogP contribution in [0.25, 0.3) is 0 Å². The van der Waals surface area contributed by atoms with E-state index in [2.05, 4.69) is 0 Å². The fourth-order valence-electron chi connectivity index (χ4n) is 1.53. The minimum atomic E-state index is -1.71. The molecular weight excluding hydrogens is 236 g/mol. The predicted octanol–water partition coefficient (Wildman–Crippen LogP) is 1.60. The van der Waals surface area contributed by atoms with Gasteiger partial charge in [0.1, 0.15) is 5.75 Å². The number of hydrogen-bond acceptors (Lipinski definition) is 4. The molecule has 18 heavy (non-hydrogen) atoms. The Morgan fingerprint density at radius 3 is 2.22 bits per heavy atom. The van der Waals surface area contributed by atoms with Gasteiger partial charge in [-0.2, -0.15) is 0 Å². The monoisotopic (exact) mass is 252 g/mol. The minimum absolute atomic E-state index is 0.137. The lowest BCUT2D eigenvalue weighted by molar-refractivity contribution is -0.160. The van der Waals surface area contributed by atoms with E-state index in [4.69, 9.17) is 9.47 Å². The molecule has 0 saturated carbocycles. The van der Waals surface area contributed by atoms with E-state index in [0.29, 0.717) is 11.3 Å². The summed E-state index contributed by atoms with van der Waals surface area (Å²) in [6.45, 7) is 3.10. The topological polar surface area (TPSA) is 72.8 Å². The Kier molecular flexibility index (Phi) is 4.31. The molecule has 0 aliphatic carbocycles. The number of rotatable bonds is 5. The fourth-order valence-corrected chi connectivity index (χ4v) is 1.53. The van der Waals surface area contributed by atoms with Crippen molar-refractivity contribution in [2.45, 2.75) is 19.3 Å². The van der Waals surface area contributed by atoms with E-state index in [-0.39, 0.29) is 6.61 Å². The molecule has 0 spiro atoms. The van der Waals surface area contributed by atoms with E-state index in [9.17, 15) is 14.7 Å². The average Bonchev–Trinajstić information content (AvgIpc) is 2.37. The van der Waals surface area contributed by atoms with Gasteiger partial charge in [0.25, 0.3) is 0 Å². The number of carbonyl (C=O) groups excluding carboxylic acids is 1. The van der Waals surface area contributed by atoms with Gasteiger partial charge >= 0.3 is 11.9 Å². The average molecular weight is 252 g/mol. The number of methoxy groups -OCH3 is 1. The summed E-state index contributed by atoms with van der Waals surface area (Å²) in [4.78, 5) is 23.2. The van der Waals surface area contributed by atoms with Crippen LogP contribution in [0, 0.1) is 0 Å². The Morgan fingerprint density at radius 2 is 1.83 bits per heavy atom. The van der Waals surface area contributed by atoms with Gasteiger partial charge in [-0.3, -0.25) is 9.59 Å². The number of ether oxygens (including phenoxy) is 2. The molecule has 5 heteroatoms. The lowest BCUT2D eigenvalue weighted by Gasteiger charge is -2.23. The van der Waals surface area contributed by atoms with Crippen LogP contribution in [0.3, 0.4) is 0 Å². The van der Waals surface area contributed by atoms with Gasteiger partial charge in [-0.15, -0.1) is 0 Å².